The Balaban J connectivity index is 1.48. The van der Waals surface area contributed by atoms with Crippen molar-refractivity contribution in [1.29, 1.82) is 0 Å². The van der Waals surface area contributed by atoms with Gasteiger partial charge in [0, 0.05) is 23.5 Å². The van der Waals surface area contributed by atoms with Gasteiger partial charge in [-0.05, 0) is 24.6 Å². The number of fused-ring (bicyclic) bond motifs is 1. The first-order valence-corrected chi connectivity index (χ1v) is 11.1. The average Bonchev–Trinajstić information content (AvgIpc) is 3.28. The lowest BCUT2D eigenvalue weighted by atomic mass is 10.2. The van der Waals surface area contributed by atoms with Crippen molar-refractivity contribution >= 4 is 45.6 Å². The van der Waals surface area contributed by atoms with Crippen LogP contribution in [0.2, 0.25) is 0 Å². The van der Waals surface area contributed by atoms with Crippen LogP contribution in [0.5, 0.6) is 11.5 Å². The summed E-state index contributed by atoms with van der Waals surface area (Å²) >= 11 is 5.71. The van der Waals surface area contributed by atoms with Crippen LogP contribution in [0.4, 0.5) is 26.0 Å². The molecular weight excluding hydrogens is 482 g/mol. The van der Waals surface area contributed by atoms with E-state index in [-0.39, 0.29) is 12.2 Å². The third kappa shape index (κ3) is 5.75. The highest BCUT2D eigenvalue weighted by molar-refractivity contribution is 6.17. The molecule has 0 unspecified atom stereocenters. The molecule has 0 aliphatic rings. The SMILES string of the molecule is COc1cc2c(Nc3cnn(CC(=O)Nc4cccc(F)c4F)c3)ncnc2cc1OCCCCl. The Morgan fingerprint density at radius 1 is 1.20 bits per heavy atom. The van der Waals surface area contributed by atoms with E-state index >= 15 is 0 Å². The van der Waals surface area contributed by atoms with E-state index < -0.39 is 17.5 Å². The van der Waals surface area contributed by atoms with E-state index in [9.17, 15) is 13.6 Å². The van der Waals surface area contributed by atoms with E-state index in [1.165, 1.54) is 36.4 Å². The highest BCUT2D eigenvalue weighted by Crippen LogP contribution is 2.34. The van der Waals surface area contributed by atoms with Gasteiger partial charge in [0.05, 0.1) is 36.8 Å². The van der Waals surface area contributed by atoms with Gasteiger partial charge in [0.15, 0.2) is 23.1 Å². The zero-order chi connectivity index (χ0) is 24.8. The molecule has 9 nitrogen and oxygen atoms in total. The number of rotatable bonds is 10. The van der Waals surface area contributed by atoms with Crippen molar-refractivity contribution in [1.82, 2.24) is 19.7 Å². The van der Waals surface area contributed by atoms with Gasteiger partial charge in [-0.15, -0.1) is 11.6 Å². The molecule has 12 heteroatoms. The fourth-order valence-electron chi connectivity index (χ4n) is 3.26. The van der Waals surface area contributed by atoms with Crippen molar-refractivity contribution in [2.24, 2.45) is 0 Å². The van der Waals surface area contributed by atoms with Crippen LogP contribution in [0, 0.1) is 11.6 Å². The summed E-state index contributed by atoms with van der Waals surface area (Å²) in [5.74, 6) is -0.693. The Labute approximate surface area is 204 Å². The van der Waals surface area contributed by atoms with Crippen LogP contribution in [0.1, 0.15) is 6.42 Å². The summed E-state index contributed by atoms with van der Waals surface area (Å²) in [6.45, 7) is 0.235. The van der Waals surface area contributed by atoms with Gasteiger partial charge in [0.25, 0.3) is 0 Å². The molecule has 2 N–H and O–H groups in total. The molecule has 0 saturated heterocycles. The quantitative estimate of drug-likeness (QED) is 0.243. The van der Waals surface area contributed by atoms with Crippen LogP contribution < -0.4 is 20.1 Å². The molecule has 0 aliphatic heterocycles. The number of hydrogen-bond acceptors (Lipinski definition) is 7. The van der Waals surface area contributed by atoms with E-state index in [0.29, 0.717) is 52.8 Å². The van der Waals surface area contributed by atoms with Crippen molar-refractivity contribution < 1.29 is 23.0 Å². The third-order valence-corrected chi connectivity index (χ3v) is 5.15. The summed E-state index contributed by atoms with van der Waals surface area (Å²) in [5, 5.41) is 10.3. The molecule has 0 atom stereocenters. The van der Waals surface area contributed by atoms with Gasteiger partial charge in [-0.1, -0.05) is 6.07 Å². The van der Waals surface area contributed by atoms with Crippen molar-refractivity contribution in [3.63, 3.8) is 0 Å². The number of anilines is 3. The maximum atomic E-state index is 13.8. The highest BCUT2D eigenvalue weighted by Gasteiger charge is 2.14. The summed E-state index contributed by atoms with van der Waals surface area (Å²) in [6.07, 6.45) is 5.19. The molecule has 0 aliphatic carbocycles. The van der Waals surface area contributed by atoms with Crippen LogP contribution >= 0.6 is 11.6 Å². The zero-order valence-corrected chi connectivity index (χ0v) is 19.4. The van der Waals surface area contributed by atoms with E-state index in [2.05, 4.69) is 25.7 Å². The van der Waals surface area contributed by atoms with E-state index in [0.717, 1.165) is 6.07 Å². The summed E-state index contributed by atoms with van der Waals surface area (Å²) in [6, 6.07) is 7.07. The lowest BCUT2D eigenvalue weighted by Crippen LogP contribution is -2.19. The Morgan fingerprint density at radius 3 is 2.86 bits per heavy atom. The summed E-state index contributed by atoms with van der Waals surface area (Å²) in [7, 11) is 1.54. The number of carbonyl (C=O) groups excluding carboxylic acids is 1. The van der Waals surface area contributed by atoms with E-state index in [4.69, 9.17) is 21.1 Å². The second-order valence-corrected chi connectivity index (χ2v) is 7.71. The smallest absolute Gasteiger partial charge is 0.246 e. The van der Waals surface area contributed by atoms with Crippen molar-refractivity contribution in [2.45, 2.75) is 13.0 Å². The van der Waals surface area contributed by atoms with Crippen LogP contribution in [-0.4, -0.2) is 45.3 Å². The maximum absolute atomic E-state index is 13.8. The monoisotopic (exact) mass is 502 g/mol. The van der Waals surface area contributed by atoms with Gasteiger partial charge in [-0.2, -0.15) is 5.10 Å². The molecular formula is C23H21ClF2N6O3. The minimum Gasteiger partial charge on any atom is -0.493 e. The number of hydrogen-bond donors (Lipinski definition) is 2. The van der Waals surface area contributed by atoms with E-state index in [1.54, 1.807) is 18.3 Å². The van der Waals surface area contributed by atoms with Gasteiger partial charge in [-0.3, -0.25) is 9.48 Å². The van der Waals surface area contributed by atoms with Crippen LogP contribution in [0.25, 0.3) is 10.9 Å². The molecule has 182 valence electrons. The van der Waals surface area contributed by atoms with Gasteiger partial charge in [0.1, 0.15) is 18.7 Å². The number of nitrogens with one attached hydrogen (secondary N) is 2. The molecule has 2 heterocycles. The molecule has 0 saturated carbocycles. The maximum Gasteiger partial charge on any atom is 0.246 e. The Bertz CT molecular complexity index is 1350. The second kappa shape index (κ2) is 11.0. The highest BCUT2D eigenvalue weighted by atomic mass is 35.5. The fraction of sp³-hybridized carbons (Fsp3) is 0.217. The van der Waals surface area contributed by atoms with Gasteiger partial charge >= 0.3 is 0 Å². The first-order valence-electron chi connectivity index (χ1n) is 10.5. The number of nitrogens with zero attached hydrogens (tertiary/aromatic N) is 4. The molecule has 2 aromatic carbocycles. The number of amides is 1. The predicted octanol–water partition coefficient (Wildman–Crippen LogP) is 4.50. The number of ether oxygens (including phenoxy) is 2. The molecule has 0 radical (unpaired) electrons. The summed E-state index contributed by atoms with van der Waals surface area (Å²) in [5.41, 5.74) is 0.942. The molecule has 2 aromatic heterocycles. The number of aromatic nitrogens is 4. The van der Waals surface area contributed by atoms with Gasteiger partial charge < -0.3 is 20.1 Å². The number of benzene rings is 2. The van der Waals surface area contributed by atoms with Crippen molar-refractivity contribution in [3.8, 4) is 11.5 Å². The fourth-order valence-corrected chi connectivity index (χ4v) is 3.37. The Kier molecular flexibility index (Phi) is 7.56. The summed E-state index contributed by atoms with van der Waals surface area (Å²) in [4.78, 5) is 20.8. The zero-order valence-electron chi connectivity index (χ0n) is 18.6. The van der Waals surface area contributed by atoms with Crippen molar-refractivity contribution in [2.75, 3.05) is 30.2 Å². The Morgan fingerprint density at radius 2 is 2.06 bits per heavy atom. The first kappa shape index (κ1) is 24.1. The first-order chi connectivity index (χ1) is 17.0. The molecule has 0 bridgehead atoms. The largest absolute Gasteiger partial charge is 0.493 e. The molecule has 4 rings (SSSR count). The molecule has 0 spiro atoms. The second-order valence-electron chi connectivity index (χ2n) is 7.33. The number of methoxy groups -OCH3 is 1. The predicted molar refractivity (Wildman–Crippen MR) is 127 cm³/mol. The normalized spacial score (nSPS) is 10.9. The molecule has 4 aromatic rings. The minimum atomic E-state index is -1.12. The number of carbonyl (C=O) groups is 1. The standard InChI is InChI=1S/C23H21ClF2N6O3/c1-34-19-8-15-18(9-20(19)35-7-3-6-24)27-13-28-23(15)30-14-10-29-32(11-14)12-21(33)31-17-5-2-4-16(25)22(17)26/h2,4-5,8-11,13H,3,6-7,12H2,1H3,(H,31,33)(H,27,28,30). The molecule has 1 amide bonds. The number of halogens is 3. The minimum absolute atomic E-state index is 0.209. The third-order valence-electron chi connectivity index (χ3n) is 4.88. The lowest BCUT2D eigenvalue weighted by Gasteiger charge is -2.13. The number of alkyl halides is 1. The van der Waals surface area contributed by atoms with Crippen LogP contribution in [0.15, 0.2) is 49.1 Å². The Hall–Kier alpha value is -3.99. The van der Waals surface area contributed by atoms with Gasteiger partial charge in [-0.25, -0.2) is 18.7 Å². The molecule has 35 heavy (non-hydrogen) atoms. The van der Waals surface area contributed by atoms with Crippen molar-refractivity contribution in [3.05, 3.63) is 60.7 Å². The average molecular weight is 503 g/mol. The topological polar surface area (TPSA) is 103 Å². The lowest BCUT2D eigenvalue weighted by molar-refractivity contribution is -0.116. The van der Waals surface area contributed by atoms with Crippen LogP contribution in [-0.2, 0) is 11.3 Å². The molecule has 0 fully saturated rings. The summed E-state index contributed by atoms with van der Waals surface area (Å²) < 4.78 is 39.7. The van der Waals surface area contributed by atoms with Crippen LogP contribution in [0.3, 0.4) is 0 Å². The van der Waals surface area contributed by atoms with Gasteiger partial charge in [0.2, 0.25) is 5.91 Å². The van der Waals surface area contributed by atoms with E-state index in [1.807, 2.05) is 0 Å².